The Balaban J connectivity index is 1.42. The molecule has 1 saturated heterocycles. The second-order valence-electron chi connectivity index (χ2n) is 8.40. The van der Waals surface area contributed by atoms with Crippen LogP contribution in [0.1, 0.15) is 12.8 Å². The van der Waals surface area contributed by atoms with Crippen LogP contribution in [0.15, 0.2) is 36.4 Å². The topological polar surface area (TPSA) is 46.6 Å². The zero-order chi connectivity index (χ0) is 16.9. The van der Waals surface area contributed by atoms with Crippen LogP contribution in [0.4, 0.5) is 5.69 Å². The molecule has 4 heteroatoms. The van der Waals surface area contributed by atoms with Crippen molar-refractivity contribution >= 4 is 17.5 Å². The molecule has 128 valence electrons. The van der Waals surface area contributed by atoms with E-state index < -0.39 is 0 Å². The van der Waals surface area contributed by atoms with Gasteiger partial charge in [-0.2, -0.15) is 0 Å². The highest BCUT2D eigenvalue weighted by molar-refractivity contribution is 6.23. The molecule has 4 nitrogen and oxygen atoms in total. The molecule has 8 unspecified atom stereocenters. The Morgan fingerprint density at radius 1 is 0.920 bits per heavy atom. The van der Waals surface area contributed by atoms with Gasteiger partial charge in [-0.3, -0.25) is 9.59 Å². The van der Waals surface area contributed by atoms with Crippen LogP contribution >= 0.6 is 0 Å². The Kier molecular flexibility index (Phi) is 2.56. The minimum atomic E-state index is -0.101. The molecule has 1 aromatic rings. The summed E-state index contributed by atoms with van der Waals surface area (Å²) in [5, 5.41) is 0. The summed E-state index contributed by atoms with van der Waals surface area (Å²) in [5.74, 6) is 3.78. The molecule has 2 amide bonds. The Bertz CT molecular complexity index is 788. The van der Waals surface area contributed by atoms with E-state index in [0.29, 0.717) is 46.9 Å². The summed E-state index contributed by atoms with van der Waals surface area (Å²) in [4.78, 5) is 28.0. The highest BCUT2D eigenvalue weighted by atomic mass is 16.5. The summed E-state index contributed by atoms with van der Waals surface area (Å²) in [6.07, 6.45) is 7.08. The largest absolute Gasteiger partial charge is 0.495 e. The van der Waals surface area contributed by atoms with Gasteiger partial charge in [-0.05, 0) is 60.5 Å². The Labute approximate surface area is 146 Å². The van der Waals surface area contributed by atoms with Gasteiger partial charge in [-0.15, -0.1) is 0 Å². The number of fused-ring (bicyclic) bond motifs is 12. The first-order valence-corrected chi connectivity index (χ1v) is 9.40. The third-order valence-corrected chi connectivity index (χ3v) is 7.76. The van der Waals surface area contributed by atoms with Gasteiger partial charge >= 0.3 is 0 Å². The number of nitrogens with zero attached hydrogens (tertiary/aromatic N) is 1. The molecule has 0 radical (unpaired) electrons. The van der Waals surface area contributed by atoms with Crippen LogP contribution in [0, 0.1) is 47.3 Å². The molecule has 4 fully saturated rings. The van der Waals surface area contributed by atoms with E-state index in [9.17, 15) is 9.59 Å². The molecule has 4 bridgehead atoms. The molecule has 1 aliphatic heterocycles. The zero-order valence-corrected chi connectivity index (χ0v) is 14.2. The van der Waals surface area contributed by atoms with Crippen LogP contribution in [-0.4, -0.2) is 18.9 Å². The molecule has 6 rings (SSSR count). The molecule has 0 spiro atoms. The van der Waals surface area contributed by atoms with Crippen molar-refractivity contribution in [3.05, 3.63) is 36.4 Å². The van der Waals surface area contributed by atoms with Gasteiger partial charge in [0.1, 0.15) is 5.75 Å². The maximum Gasteiger partial charge on any atom is 0.238 e. The van der Waals surface area contributed by atoms with E-state index in [1.807, 2.05) is 24.3 Å². The molecule has 1 heterocycles. The maximum absolute atomic E-state index is 13.3. The van der Waals surface area contributed by atoms with Gasteiger partial charge in [-0.25, -0.2) is 4.90 Å². The van der Waals surface area contributed by atoms with Crippen LogP contribution in [0.25, 0.3) is 0 Å². The van der Waals surface area contributed by atoms with E-state index in [1.165, 1.54) is 11.3 Å². The fourth-order valence-electron chi connectivity index (χ4n) is 7.17. The van der Waals surface area contributed by atoms with Crippen LogP contribution < -0.4 is 9.64 Å². The van der Waals surface area contributed by atoms with Crippen LogP contribution in [0.2, 0.25) is 0 Å². The normalized spacial score (nSPS) is 45.4. The predicted molar refractivity (Wildman–Crippen MR) is 91.8 cm³/mol. The molecular weight excluding hydrogens is 314 g/mol. The predicted octanol–water partition coefficient (Wildman–Crippen LogP) is 2.89. The van der Waals surface area contributed by atoms with Gasteiger partial charge in [0.2, 0.25) is 11.8 Å². The second-order valence-corrected chi connectivity index (χ2v) is 8.40. The lowest BCUT2D eigenvalue weighted by Crippen LogP contribution is -2.38. The standard InChI is InChI=1S/C21H21NO3/c1-25-15-5-3-2-4-14(15)22-20(23)18-12-9-13(19(18)21(22)24)17-11-7-6-10(8-11)16(12)17/h2-7,10-13,16-19H,8-9H2,1H3. The lowest BCUT2D eigenvalue weighted by Gasteiger charge is -2.36. The molecule has 4 aliphatic carbocycles. The number of hydrogen-bond donors (Lipinski definition) is 0. The number of anilines is 1. The number of carbonyl (C=O) groups excluding carboxylic acids is 2. The van der Waals surface area contributed by atoms with E-state index in [0.717, 1.165) is 6.42 Å². The second kappa shape index (κ2) is 4.54. The van der Waals surface area contributed by atoms with Crippen molar-refractivity contribution in [3.8, 4) is 5.75 Å². The van der Waals surface area contributed by atoms with E-state index in [4.69, 9.17) is 4.74 Å². The third-order valence-electron chi connectivity index (χ3n) is 7.76. The molecule has 5 aliphatic rings. The molecule has 25 heavy (non-hydrogen) atoms. The first-order chi connectivity index (χ1) is 12.2. The average Bonchev–Trinajstić information content (AvgIpc) is 3.40. The number of amides is 2. The third kappa shape index (κ3) is 1.51. The fourth-order valence-corrected chi connectivity index (χ4v) is 7.17. The highest BCUT2D eigenvalue weighted by Gasteiger charge is 2.71. The molecule has 0 N–H and O–H groups in total. The van der Waals surface area contributed by atoms with Gasteiger partial charge < -0.3 is 4.74 Å². The van der Waals surface area contributed by atoms with Crippen molar-refractivity contribution in [1.82, 2.24) is 0 Å². The van der Waals surface area contributed by atoms with Crippen LogP contribution in [0.5, 0.6) is 5.75 Å². The summed E-state index contributed by atoms with van der Waals surface area (Å²) in [5.41, 5.74) is 0.611. The molecular formula is C21H21NO3. The summed E-state index contributed by atoms with van der Waals surface area (Å²) >= 11 is 0. The first-order valence-electron chi connectivity index (χ1n) is 9.40. The van der Waals surface area contributed by atoms with Crippen molar-refractivity contribution in [2.45, 2.75) is 12.8 Å². The van der Waals surface area contributed by atoms with Gasteiger partial charge in [0, 0.05) is 0 Å². The summed E-state index contributed by atoms with van der Waals surface area (Å²) in [6.45, 7) is 0. The monoisotopic (exact) mass is 335 g/mol. The van der Waals surface area contributed by atoms with E-state index in [2.05, 4.69) is 12.2 Å². The number of methoxy groups -OCH3 is 1. The number of benzene rings is 1. The van der Waals surface area contributed by atoms with Crippen molar-refractivity contribution in [2.24, 2.45) is 47.3 Å². The number of rotatable bonds is 2. The molecule has 1 aromatic carbocycles. The fraction of sp³-hybridized carbons (Fsp3) is 0.524. The van der Waals surface area contributed by atoms with Crippen molar-refractivity contribution < 1.29 is 14.3 Å². The van der Waals surface area contributed by atoms with Crippen LogP contribution in [0.3, 0.4) is 0 Å². The number of allylic oxidation sites excluding steroid dienone is 2. The van der Waals surface area contributed by atoms with E-state index in [1.54, 1.807) is 7.11 Å². The van der Waals surface area contributed by atoms with Crippen molar-refractivity contribution in [1.29, 1.82) is 0 Å². The number of para-hydroxylation sites is 2. The lowest BCUT2D eigenvalue weighted by atomic mass is 9.65. The Morgan fingerprint density at radius 3 is 2.12 bits per heavy atom. The summed E-state index contributed by atoms with van der Waals surface area (Å²) in [6, 6.07) is 7.37. The van der Waals surface area contributed by atoms with Gasteiger partial charge in [-0.1, -0.05) is 24.3 Å². The quantitative estimate of drug-likeness (QED) is 0.474. The average molecular weight is 335 g/mol. The van der Waals surface area contributed by atoms with Crippen LogP contribution in [-0.2, 0) is 9.59 Å². The smallest absolute Gasteiger partial charge is 0.238 e. The Hall–Kier alpha value is -2.10. The maximum atomic E-state index is 13.3. The summed E-state index contributed by atoms with van der Waals surface area (Å²) < 4.78 is 5.41. The van der Waals surface area contributed by atoms with E-state index in [-0.39, 0.29) is 23.7 Å². The lowest BCUT2D eigenvalue weighted by molar-refractivity contribution is -0.123. The van der Waals surface area contributed by atoms with Gasteiger partial charge in [0.15, 0.2) is 0 Å². The molecule has 8 atom stereocenters. The molecule has 0 aromatic heterocycles. The zero-order valence-electron chi connectivity index (χ0n) is 14.2. The first kappa shape index (κ1) is 14.1. The van der Waals surface area contributed by atoms with Crippen molar-refractivity contribution in [3.63, 3.8) is 0 Å². The number of imide groups is 1. The number of hydrogen-bond acceptors (Lipinski definition) is 3. The number of carbonyl (C=O) groups is 2. The van der Waals surface area contributed by atoms with E-state index >= 15 is 0 Å². The molecule has 3 saturated carbocycles. The Morgan fingerprint density at radius 2 is 1.52 bits per heavy atom. The van der Waals surface area contributed by atoms with Gasteiger partial charge in [0.05, 0.1) is 24.6 Å². The highest BCUT2D eigenvalue weighted by Crippen LogP contribution is 2.70. The van der Waals surface area contributed by atoms with Crippen molar-refractivity contribution in [2.75, 3.05) is 12.0 Å². The minimum absolute atomic E-state index is 0.0113. The van der Waals surface area contributed by atoms with Gasteiger partial charge in [0.25, 0.3) is 0 Å². The SMILES string of the molecule is COc1ccccc1N1C(=O)C2C3CC(C2C1=O)C1C2C=CC(C2)C31. The summed E-state index contributed by atoms with van der Waals surface area (Å²) in [7, 11) is 1.59. The minimum Gasteiger partial charge on any atom is -0.495 e. The number of ether oxygens (including phenoxy) is 1.